The van der Waals surface area contributed by atoms with Gasteiger partial charge in [-0.1, -0.05) is 31.2 Å². The predicted molar refractivity (Wildman–Crippen MR) is 54.4 cm³/mol. The highest BCUT2D eigenvalue weighted by molar-refractivity contribution is 5.29. The van der Waals surface area contributed by atoms with Gasteiger partial charge in [0, 0.05) is 0 Å². The van der Waals surface area contributed by atoms with Crippen LogP contribution in [-0.2, 0) is 0 Å². The molecular formula is C11H17NO. The molecule has 0 unspecified atom stereocenters. The largest absolute Gasteiger partial charge is 0.391 e. The van der Waals surface area contributed by atoms with Gasteiger partial charge in [0.05, 0.1) is 12.1 Å². The molecule has 0 aliphatic rings. The maximum Gasteiger partial charge on any atom is 0.0730 e. The minimum Gasteiger partial charge on any atom is -0.391 e. The number of nitrogens with two attached hydrogens (primary N) is 1. The summed E-state index contributed by atoms with van der Waals surface area (Å²) in [5.41, 5.74) is 8.08. The highest BCUT2D eigenvalue weighted by Crippen LogP contribution is 2.19. The fourth-order valence-corrected chi connectivity index (χ4v) is 1.42. The molecule has 0 aliphatic carbocycles. The van der Waals surface area contributed by atoms with Crippen LogP contribution in [-0.4, -0.2) is 11.2 Å². The summed E-state index contributed by atoms with van der Waals surface area (Å²) in [6, 6.07) is 7.65. The normalized spacial score (nSPS) is 15.4. The van der Waals surface area contributed by atoms with Crippen LogP contribution in [0.2, 0.25) is 0 Å². The van der Waals surface area contributed by atoms with Crippen LogP contribution >= 0.6 is 0 Å². The van der Waals surface area contributed by atoms with Gasteiger partial charge in [-0.05, 0) is 24.5 Å². The number of hydrogen-bond acceptors (Lipinski definition) is 2. The lowest BCUT2D eigenvalue weighted by Gasteiger charge is -2.19. The number of hydrogen-bond donors (Lipinski definition) is 2. The second-order valence-corrected chi connectivity index (χ2v) is 3.36. The third-order valence-corrected chi connectivity index (χ3v) is 2.38. The average molecular weight is 179 g/mol. The smallest absolute Gasteiger partial charge is 0.0730 e. The molecule has 0 spiro atoms. The van der Waals surface area contributed by atoms with Crippen LogP contribution in [0.15, 0.2) is 24.3 Å². The van der Waals surface area contributed by atoms with E-state index >= 15 is 0 Å². The standard InChI is InChI=1S/C11H17NO/c1-3-10(13)11(12)9-7-5-4-6-8(9)2/h4-7,10-11,13H,3,12H2,1-2H3/t10-,11+/m1/s1. The van der Waals surface area contributed by atoms with Gasteiger partial charge in [-0.2, -0.15) is 0 Å². The van der Waals surface area contributed by atoms with Gasteiger partial charge in [-0.3, -0.25) is 0 Å². The molecule has 0 bridgehead atoms. The lowest BCUT2D eigenvalue weighted by atomic mass is 9.97. The first-order valence-electron chi connectivity index (χ1n) is 4.66. The summed E-state index contributed by atoms with van der Waals surface area (Å²) in [5.74, 6) is 0. The van der Waals surface area contributed by atoms with Crippen LogP contribution in [0.5, 0.6) is 0 Å². The zero-order valence-electron chi connectivity index (χ0n) is 8.20. The van der Waals surface area contributed by atoms with Crippen LogP contribution in [0.1, 0.15) is 30.5 Å². The number of aliphatic hydroxyl groups excluding tert-OH is 1. The van der Waals surface area contributed by atoms with Gasteiger partial charge in [0.2, 0.25) is 0 Å². The lowest BCUT2D eigenvalue weighted by Crippen LogP contribution is -2.26. The Balaban J connectivity index is 2.88. The second-order valence-electron chi connectivity index (χ2n) is 3.36. The molecular weight excluding hydrogens is 162 g/mol. The van der Waals surface area contributed by atoms with Crippen LogP contribution < -0.4 is 5.73 Å². The van der Waals surface area contributed by atoms with Crippen molar-refractivity contribution < 1.29 is 5.11 Å². The summed E-state index contributed by atoms with van der Waals surface area (Å²) in [4.78, 5) is 0. The van der Waals surface area contributed by atoms with Crippen molar-refractivity contribution in [3.05, 3.63) is 35.4 Å². The molecule has 1 aromatic carbocycles. The van der Waals surface area contributed by atoms with Crippen molar-refractivity contribution in [2.45, 2.75) is 32.4 Å². The van der Waals surface area contributed by atoms with Crippen LogP contribution in [0.4, 0.5) is 0 Å². The van der Waals surface area contributed by atoms with Crippen molar-refractivity contribution >= 4 is 0 Å². The first kappa shape index (κ1) is 10.2. The maximum absolute atomic E-state index is 9.58. The van der Waals surface area contributed by atoms with E-state index < -0.39 is 6.10 Å². The minimum absolute atomic E-state index is 0.258. The molecule has 3 N–H and O–H groups in total. The van der Waals surface area contributed by atoms with E-state index in [0.717, 1.165) is 11.1 Å². The van der Waals surface area contributed by atoms with E-state index in [2.05, 4.69) is 0 Å². The molecule has 0 aliphatic heterocycles. The summed E-state index contributed by atoms with van der Waals surface area (Å²) in [5, 5.41) is 9.58. The molecule has 2 nitrogen and oxygen atoms in total. The second kappa shape index (κ2) is 4.40. The van der Waals surface area contributed by atoms with Crippen molar-refractivity contribution in [2.75, 3.05) is 0 Å². The van der Waals surface area contributed by atoms with Crippen LogP contribution in [0.25, 0.3) is 0 Å². The predicted octanol–water partition coefficient (Wildman–Crippen LogP) is 1.77. The highest BCUT2D eigenvalue weighted by atomic mass is 16.3. The van der Waals surface area contributed by atoms with E-state index in [1.54, 1.807) is 0 Å². The average Bonchev–Trinajstić information content (AvgIpc) is 2.16. The van der Waals surface area contributed by atoms with E-state index in [9.17, 15) is 5.11 Å². The van der Waals surface area contributed by atoms with Gasteiger partial charge < -0.3 is 10.8 Å². The van der Waals surface area contributed by atoms with Crippen molar-refractivity contribution in [3.8, 4) is 0 Å². The lowest BCUT2D eigenvalue weighted by molar-refractivity contribution is 0.140. The molecule has 0 fully saturated rings. The van der Waals surface area contributed by atoms with E-state index in [1.807, 2.05) is 38.1 Å². The van der Waals surface area contributed by atoms with E-state index in [0.29, 0.717) is 6.42 Å². The monoisotopic (exact) mass is 179 g/mol. The molecule has 2 heteroatoms. The Labute approximate surface area is 79.4 Å². The van der Waals surface area contributed by atoms with Crippen LogP contribution in [0.3, 0.4) is 0 Å². The summed E-state index contributed by atoms with van der Waals surface area (Å²) in [6.45, 7) is 3.94. The number of aliphatic hydroxyl groups is 1. The van der Waals surface area contributed by atoms with Crippen molar-refractivity contribution in [2.24, 2.45) is 5.73 Å². The van der Waals surface area contributed by atoms with Crippen molar-refractivity contribution in [3.63, 3.8) is 0 Å². The zero-order chi connectivity index (χ0) is 9.84. The Morgan fingerprint density at radius 1 is 1.38 bits per heavy atom. The Morgan fingerprint density at radius 2 is 2.00 bits per heavy atom. The zero-order valence-corrected chi connectivity index (χ0v) is 8.20. The molecule has 13 heavy (non-hydrogen) atoms. The third-order valence-electron chi connectivity index (χ3n) is 2.38. The first-order valence-corrected chi connectivity index (χ1v) is 4.66. The third kappa shape index (κ3) is 2.29. The van der Waals surface area contributed by atoms with E-state index in [-0.39, 0.29) is 6.04 Å². The summed E-state index contributed by atoms with van der Waals surface area (Å²) >= 11 is 0. The van der Waals surface area contributed by atoms with E-state index in [1.165, 1.54) is 0 Å². The topological polar surface area (TPSA) is 46.2 Å². The molecule has 0 heterocycles. The fourth-order valence-electron chi connectivity index (χ4n) is 1.42. The van der Waals surface area contributed by atoms with Gasteiger partial charge in [0.1, 0.15) is 0 Å². The summed E-state index contributed by atoms with van der Waals surface area (Å²) < 4.78 is 0. The number of aryl methyl sites for hydroxylation is 1. The first-order chi connectivity index (χ1) is 6.16. The Kier molecular flexibility index (Phi) is 3.46. The molecule has 0 saturated heterocycles. The van der Waals surface area contributed by atoms with E-state index in [4.69, 9.17) is 5.73 Å². The minimum atomic E-state index is -0.443. The molecule has 1 aromatic rings. The quantitative estimate of drug-likeness (QED) is 0.742. The SMILES string of the molecule is CC[C@@H](O)[C@@H](N)c1ccccc1C. The van der Waals surface area contributed by atoms with Crippen molar-refractivity contribution in [1.29, 1.82) is 0 Å². The Bertz CT molecular complexity index is 273. The number of rotatable bonds is 3. The Hall–Kier alpha value is -0.860. The van der Waals surface area contributed by atoms with Crippen molar-refractivity contribution in [1.82, 2.24) is 0 Å². The Morgan fingerprint density at radius 3 is 2.54 bits per heavy atom. The fraction of sp³-hybridized carbons (Fsp3) is 0.455. The highest BCUT2D eigenvalue weighted by Gasteiger charge is 2.15. The van der Waals surface area contributed by atoms with Crippen LogP contribution in [0, 0.1) is 6.92 Å². The molecule has 0 saturated carbocycles. The molecule has 2 atom stereocenters. The van der Waals surface area contributed by atoms with Gasteiger partial charge in [0.15, 0.2) is 0 Å². The number of benzene rings is 1. The van der Waals surface area contributed by atoms with Gasteiger partial charge in [-0.25, -0.2) is 0 Å². The van der Waals surface area contributed by atoms with Gasteiger partial charge in [-0.15, -0.1) is 0 Å². The molecule has 1 rings (SSSR count). The molecule has 72 valence electrons. The molecule has 0 aromatic heterocycles. The molecule has 0 amide bonds. The summed E-state index contributed by atoms with van der Waals surface area (Å²) in [7, 11) is 0. The molecule has 0 radical (unpaired) electrons. The maximum atomic E-state index is 9.58. The summed E-state index contributed by atoms with van der Waals surface area (Å²) in [6.07, 6.45) is 0.247. The van der Waals surface area contributed by atoms with Gasteiger partial charge >= 0.3 is 0 Å². The van der Waals surface area contributed by atoms with Gasteiger partial charge in [0.25, 0.3) is 0 Å².